The zero-order valence-electron chi connectivity index (χ0n) is 19.5. The van der Waals surface area contributed by atoms with Crippen LogP contribution in [0.5, 0.6) is 0 Å². The maximum Gasteiger partial charge on any atom is 0.253 e. The number of likely N-dealkylation sites (tertiary alicyclic amines) is 1. The Morgan fingerprint density at radius 3 is 2.53 bits per heavy atom. The van der Waals surface area contributed by atoms with E-state index in [-0.39, 0.29) is 5.91 Å². The van der Waals surface area contributed by atoms with Crippen LogP contribution in [0.4, 0.5) is 0 Å². The Hall–Kier alpha value is -1.39. The van der Waals surface area contributed by atoms with E-state index in [1.807, 2.05) is 26.2 Å². The van der Waals surface area contributed by atoms with E-state index in [0.29, 0.717) is 0 Å². The number of benzene rings is 1. The van der Waals surface area contributed by atoms with Crippen molar-refractivity contribution in [1.29, 1.82) is 0 Å². The van der Waals surface area contributed by atoms with Gasteiger partial charge in [0, 0.05) is 51.4 Å². The van der Waals surface area contributed by atoms with Crippen molar-refractivity contribution in [3.63, 3.8) is 0 Å². The van der Waals surface area contributed by atoms with Crippen LogP contribution in [-0.4, -0.2) is 66.4 Å². The van der Waals surface area contributed by atoms with Gasteiger partial charge >= 0.3 is 0 Å². The average molecular weight is 412 g/mol. The van der Waals surface area contributed by atoms with Gasteiger partial charge in [0.25, 0.3) is 5.91 Å². The highest BCUT2D eigenvalue weighted by atomic mass is 16.2. The number of fused-ring (bicyclic) bond motifs is 4. The molecule has 0 saturated carbocycles. The lowest BCUT2D eigenvalue weighted by Gasteiger charge is -2.57. The first-order valence-corrected chi connectivity index (χ1v) is 12.2. The number of carbonyl (C=O) groups excluding carboxylic acids is 1. The van der Waals surface area contributed by atoms with Crippen LogP contribution < -0.4 is 0 Å². The molecule has 4 nitrogen and oxygen atoms in total. The molecule has 4 heteroatoms. The Kier molecular flexibility index (Phi) is 6.84. The number of hydrogen-bond donors (Lipinski definition) is 0. The van der Waals surface area contributed by atoms with Crippen LogP contribution in [0.1, 0.15) is 68.3 Å². The number of hydrogen-bond acceptors (Lipinski definition) is 3. The lowest BCUT2D eigenvalue weighted by Crippen LogP contribution is -2.63. The zero-order chi connectivity index (χ0) is 21.3. The number of nitrogens with zero attached hydrogens (tertiary/aromatic N) is 3. The molecule has 0 unspecified atom stereocenters. The monoisotopic (exact) mass is 411 g/mol. The van der Waals surface area contributed by atoms with Gasteiger partial charge in [-0.25, -0.2) is 0 Å². The van der Waals surface area contributed by atoms with E-state index < -0.39 is 0 Å². The molecule has 3 heterocycles. The first kappa shape index (κ1) is 21.8. The average Bonchev–Trinajstić information content (AvgIpc) is 2.73. The summed E-state index contributed by atoms with van der Waals surface area (Å²) in [6.07, 6.45) is 8.40. The minimum absolute atomic E-state index is 0.0828. The van der Waals surface area contributed by atoms with Gasteiger partial charge in [-0.2, -0.15) is 0 Å². The van der Waals surface area contributed by atoms with Gasteiger partial charge in [-0.15, -0.1) is 0 Å². The van der Waals surface area contributed by atoms with Crippen molar-refractivity contribution in [2.24, 2.45) is 17.8 Å². The highest BCUT2D eigenvalue weighted by Crippen LogP contribution is 2.43. The molecular weight excluding hydrogens is 370 g/mol. The summed E-state index contributed by atoms with van der Waals surface area (Å²) in [5.41, 5.74) is 2.12. The number of rotatable bonds is 6. The molecule has 30 heavy (non-hydrogen) atoms. The van der Waals surface area contributed by atoms with E-state index in [9.17, 15) is 4.79 Å². The SMILES string of the molecule is CC(C)CC[C@H]1[C@H]2C[C@H](CN(Cc3ccc(C(=O)N(C)C)cc3)C2)[C@@H]2CCCCN21. The molecule has 2 bridgehead atoms. The van der Waals surface area contributed by atoms with E-state index in [0.717, 1.165) is 41.9 Å². The summed E-state index contributed by atoms with van der Waals surface area (Å²) in [6.45, 7) is 9.58. The van der Waals surface area contributed by atoms with Crippen LogP contribution in [0, 0.1) is 17.8 Å². The van der Waals surface area contributed by atoms with Crippen molar-refractivity contribution >= 4 is 5.91 Å². The summed E-state index contributed by atoms with van der Waals surface area (Å²) in [6, 6.07) is 9.91. The minimum Gasteiger partial charge on any atom is -0.345 e. The molecule has 0 spiro atoms. The first-order chi connectivity index (χ1) is 14.4. The fraction of sp³-hybridized carbons (Fsp3) is 0.731. The van der Waals surface area contributed by atoms with Crippen LogP contribution in [0.15, 0.2) is 24.3 Å². The fourth-order valence-electron chi connectivity index (χ4n) is 6.31. The van der Waals surface area contributed by atoms with Gasteiger partial charge in [-0.3, -0.25) is 14.6 Å². The minimum atomic E-state index is 0.0828. The third-order valence-corrected chi connectivity index (χ3v) is 7.75. The zero-order valence-corrected chi connectivity index (χ0v) is 19.5. The summed E-state index contributed by atoms with van der Waals surface area (Å²) in [7, 11) is 3.62. The van der Waals surface area contributed by atoms with Crippen LogP contribution in [0.25, 0.3) is 0 Å². The molecule has 1 amide bonds. The molecule has 0 aromatic heterocycles. The molecule has 4 rings (SSSR count). The summed E-state index contributed by atoms with van der Waals surface area (Å²) in [5.74, 6) is 2.55. The standard InChI is InChI=1S/C26H41N3O/c1-19(2)8-13-25-23-15-22(24-7-5-6-14-29(24)25)17-28(18-23)16-20-9-11-21(12-10-20)26(30)27(3)4/h9-12,19,22-25H,5-8,13-18H2,1-4H3/t22-,23+,24+,25+/m1/s1. The number of carbonyl (C=O) groups is 1. The van der Waals surface area contributed by atoms with Crippen molar-refractivity contribution in [3.05, 3.63) is 35.4 Å². The molecule has 0 aliphatic carbocycles. The summed E-state index contributed by atoms with van der Waals surface area (Å²) in [4.78, 5) is 19.5. The van der Waals surface area contributed by atoms with Crippen LogP contribution in [0.2, 0.25) is 0 Å². The second kappa shape index (κ2) is 9.40. The summed E-state index contributed by atoms with van der Waals surface area (Å²) < 4.78 is 0. The fourth-order valence-corrected chi connectivity index (χ4v) is 6.31. The van der Waals surface area contributed by atoms with Crippen LogP contribution in [0.3, 0.4) is 0 Å². The van der Waals surface area contributed by atoms with Crippen molar-refractivity contribution in [2.75, 3.05) is 33.7 Å². The molecule has 1 aromatic rings. The summed E-state index contributed by atoms with van der Waals surface area (Å²) in [5, 5.41) is 0. The normalized spacial score (nSPS) is 29.6. The second-order valence-electron chi connectivity index (χ2n) is 10.7. The van der Waals surface area contributed by atoms with Gasteiger partial charge < -0.3 is 4.90 Å². The van der Waals surface area contributed by atoms with Gasteiger partial charge in [-0.05, 0) is 74.1 Å². The Morgan fingerprint density at radius 2 is 1.83 bits per heavy atom. The molecule has 166 valence electrons. The quantitative estimate of drug-likeness (QED) is 0.690. The smallest absolute Gasteiger partial charge is 0.253 e. The topological polar surface area (TPSA) is 26.8 Å². The van der Waals surface area contributed by atoms with E-state index in [4.69, 9.17) is 0 Å². The molecule has 1 aromatic carbocycles. The molecule has 3 aliphatic heterocycles. The predicted molar refractivity (Wildman–Crippen MR) is 124 cm³/mol. The van der Waals surface area contributed by atoms with Crippen molar-refractivity contribution in [2.45, 2.75) is 71.0 Å². The Morgan fingerprint density at radius 1 is 1.10 bits per heavy atom. The van der Waals surface area contributed by atoms with Gasteiger partial charge in [-0.1, -0.05) is 32.4 Å². The third-order valence-electron chi connectivity index (χ3n) is 7.75. The third kappa shape index (κ3) is 4.75. The largest absolute Gasteiger partial charge is 0.345 e. The Balaban J connectivity index is 1.44. The number of amides is 1. The maximum absolute atomic E-state index is 12.2. The van der Waals surface area contributed by atoms with Gasteiger partial charge in [0.1, 0.15) is 0 Å². The van der Waals surface area contributed by atoms with Crippen LogP contribution >= 0.6 is 0 Å². The predicted octanol–water partition coefficient (Wildman–Crippen LogP) is 4.50. The molecule has 3 saturated heterocycles. The lowest BCUT2D eigenvalue weighted by molar-refractivity contribution is -0.0767. The Bertz CT molecular complexity index is 713. The van der Waals surface area contributed by atoms with Crippen molar-refractivity contribution < 1.29 is 4.79 Å². The first-order valence-electron chi connectivity index (χ1n) is 12.2. The Labute approximate surface area is 183 Å². The summed E-state index contributed by atoms with van der Waals surface area (Å²) >= 11 is 0. The maximum atomic E-state index is 12.2. The molecular formula is C26H41N3O. The van der Waals surface area contributed by atoms with E-state index in [1.165, 1.54) is 63.7 Å². The van der Waals surface area contributed by atoms with E-state index >= 15 is 0 Å². The van der Waals surface area contributed by atoms with Gasteiger partial charge in [0.05, 0.1) is 0 Å². The highest BCUT2D eigenvalue weighted by molar-refractivity contribution is 5.93. The van der Waals surface area contributed by atoms with E-state index in [1.54, 1.807) is 4.90 Å². The molecule has 0 N–H and O–H groups in total. The number of piperidine rings is 3. The van der Waals surface area contributed by atoms with Crippen molar-refractivity contribution in [1.82, 2.24) is 14.7 Å². The lowest BCUT2D eigenvalue weighted by atomic mass is 9.71. The molecule has 0 radical (unpaired) electrons. The highest BCUT2D eigenvalue weighted by Gasteiger charge is 2.46. The molecule has 3 aliphatic rings. The van der Waals surface area contributed by atoms with Crippen LogP contribution in [-0.2, 0) is 6.54 Å². The van der Waals surface area contributed by atoms with Crippen molar-refractivity contribution in [3.8, 4) is 0 Å². The van der Waals surface area contributed by atoms with E-state index in [2.05, 4.69) is 35.8 Å². The van der Waals surface area contributed by atoms with Gasteiger partial charge in [0.15, 0.2) is 0 Å². The molecule has 3 fully saturated rings. The second-order valence-corrected chi connectivity index (χ2v) is 10.7. The van der Waals surface area contributed by atoms with Gasteiger partial charge in [0.2, 0.25) is 0 Å². The molecule has 4 atom stereocenters.